The highest BCUT2D eigenvalue weighted by atomic mass is 35.5. The third kappa shape index (κ3) is 4.23. The predicted molar refractivity (Wildman–Crippen MR) is 87.0 cm³/mol. The van der Waals surface area contributed by atoms with Gasteiger partial charge in [-0.15, -0.1) is 22.9 Å². The minimum atomic E-state index is 0.0864. The quantitative estimate of drug-likeness (QED) is 0.775. The van der Waals surface area contributed by atoms with Gasteiger partial charge in [0.2, 0.25) is 0 Å². The van der Waals surface area contributed by atoms with E-state index in [9.17, 15) is 4.79 Å². The Labute approximate surface area is 130 Å². The third-order valence-corrected chi connectivity index (χ3v) is 5.44. The van der Waals surface area contributed by atoms with E-state index in [2.05, 4.69) is 25.2 Å². The fourth-order valence-electron chi connectivity index (χ4n) is 2.64. The highest BCUT2D eigenvalue weighted by Crippen LogP contribution is 2.30. The van der Waals surface area contributed by atoms with E-state index in [1.165, 1.54) is 23.3 Å². The summed E-state index contributed by atoms with van der Waals surface area (Å²) in [5.41, 5.74) is 1.51. The number of nitrogens with one attached hydrogen (secondary N) is 1. The number of thiophene rings is 1. The zero-order valence-electron chi connectivity index (χ0n) is 12.4. The van der Waals surface area contributed by atoms with Crippen molar-refractivity contribution in [1.29, 1.82) is 0 Å². The van der Waals surface area contributed by atoms with Crippen molar-refractivity contribution in [3.8, 4) is 0 Å². The lowest BCUT2D eigenvalue weighted by Gasteiger charge is -2.24. The SMILES string of the molecule is CC(C)(CCCCl)CNC(=O)c1cc2c(s1)CCCC2. The Kier molecular flexibility index (Phi) is 5.50. The molecule has 4 heteroatoms. The lowest BCUT2D eigenvalue weighted by Crippen LogP contribution is -2.33. The molecule has 1 aliphatic carbocycles. The molecule has 1 amide bonds. The summed E-state index contributed by atoms with van der Waals surface area (Å²) < 4.78 is 0. The van der Waals surface area contributed by atoms with Crippen LogP contribution in [0.15, 0.2) is 6.07 Å². The van der Waals surface area contributed by atoms with Crippen molar-refractivity contribution in [2.24, 2.45) is 5.41 Å². The number of rotatable bonds is 6. The molecule has 0 aliphatic heterocycles. The van der Waals surface area contributed by atoms with Crippen LogP contribution >= 0.6 is 22.9 Å². The van der Waals surface area contributed by atoms with Gasteiger partial charge in [-0.2, -0.15) is 0 Å². The first kappa shape index (κ1) is 15.8. The van der Waals surface area contributed by atoms with Gasteiger partial charge in [0.15, 0.2) is 0 Å². The fourth-order valence-corrected chi connectivity index (χ4v) is 3.95. The summed E-state index contributed by atoms with van der Waals surface area (Å²) in [6.45, 7) is 5.07. The van der Waals surface area contributed by atoms with E-state index >= 15 is 0 Å². The molecule has 0 radical (unpaired) electrons. The van der Waals surface area contributed by atoms with Gasteiger partial charge < -0.3 is 5.32 Å². The molecule has 1 heterocycles. The molecule has 0 bridgehead atoms. The number of aryl methyl sites for hydroxylation is 2. The van der Waals surface area contributed by atoms with Crippen LogP contribution in [0, 0.1) is 5.41 Å². The van der Waals surface area contributed by atoms with Crippen molar-refractivity contribution < 1.29 is 4.79 Å². The number of hydrogen-bond acceptors (Lipinski definition) is 2. The number of amides is 1. The first-order chi connectivity index (χ1) is 9.52. The molecular formula is C16H24ClNOS. The molecule has 1 N–H and O–H groups in total. The Bertz CT molecular complexity index is 444. The summed E-state index contributed by atoms with van der Waals surface area (Å²) in [6.07, 6.45) is 6.85. The topological polar surface area (TPSA) is 29.1 Å². The Balaban J connectivity index is 1.90. The van der Waals surface area contributed by atoms with Crippen LogP contribution in [0.5, 0.6) is 0 Å². The van der Waals surface area contributed by atoms with E-state index < -0.39 is 0 Å². The summed E-state index contributed by atoms with van der Waals surface area (Å²) in [5, 5.41) is 3.09. The molecule has 1 aromatic heterocycles. The monoisotopic (exact) mass is 313 g/mol. The Hall–Kier alpha value is -0.540. The van der Waals surface area contributed by atoms with Crippen LogP contribution in [0.4, 0.5) is 0 Å². The van der Waals surface area contributed by atoms with Crippen molar-refractivity contribution in [3.05, 3.63) is 21.4 Å². The normalized spacial score (nSPS) is 14.9. The lowest BCUT2D eigenvalue weighted by molar-refractivity contribution is 0.0938. The van der Waals surface area contributed by atoms with Crippen LogP contribution in [-0.2, 0) is 12.8 Å². The van der Waals surface area contributed by atoms with Crippen LogP contribution < -0.4 is 5.32 Å². The average molecular weight is 314 g/mol. The lowest BCUT2D eigenvalue weighted by atomic mass is 9.88. The van der Waals surface area contributed by atoms with Gasteiger partial charge in [0.1, 0.15) is 0 Å². The van der Waals surface area contributed by atoms with Gasteiger partial charge in [0.25, 0.3) is 5.91 Å². The summed E-state index contributed by atoms with van der Waals surface area (Å²) in [6, 6.07) is 2.10. The zero-order chi connectivity index (χ0) is 14.6. The summed E-state index contributed by atoms with van der Waals surface area (Å²) in [4.78, 5) is 14.6. The van der Waals surface area contributed by atoms with E-state index in [0.29, 0.717) is 12.4 Å². The van der Waals surface area contributed by atoms with Crippen molar-refractivity contribution in [2.45, 2.75) is 52.4 Å². The molecule has 0 atom stereocenters. The minimum absolute atomic E-state index is 0.0864. The number of halogens is 1. The Morgan fingerprint density at radius 3 is 2.85 bits per heavy atom. The van der Waals surface area contributed by atoms with E-state index in [1.54, 1.807) is 11.3 Å². The maximum absolute atomic E-state index is 12.3. The molecule has 1 aliphatic rings. The van der Waals surface area contributed by atoms with Gasteiger partial charge in [-0.1, -0.05) is 13.8 Å². The Morgan fingerprint density at radius 2 is 2.15 bits per heavy atom. The second-order valence-corrected chi connectivity index (χ2v) is 7.92. The molecule has 2 rings (SSSR count). The fraction of sp³-hybridized carbons (Fsp3) is 0.688. The largest absolute Gasteiger partial charge is 0.351 e. The highest BCUT2D eigenvalue weighted by molar-refractivity contribution is 7.14. The summed E-state index contributed by atoms with van der Waals surface area (Å²) >= 11 is 7.42. The van der Waals surface area contributed by atoms with Crippen LogP contribution in [0.2, 0.25) is 0 Å². The van der Waals surface area contributed by atoms with Crippen LogP contribution in [-0.4, -0.2) is 18.3 Å². The molecule has 0 saturated heterocycles. The molecule has 2 nitrogen and oxygen atoms in total. The van der Waals surface area contributed by atoms with Gasteiger partial charge in [-0.3, -0.25) is 4.79 Å². The Morgan fingerprint density at radius 1 is 1.40 bits per heavy atom. The minimum Gasteiger partial charge on any atom is -0.351 e. The second kappa shape index (κ2) is 6.95. The number of alkyl halides is 1. The number of hydrogen-bond donors (Lipinski definition) is 1. The standard InChI is InChI=1S/C16H24ClNOS/c1-16(2,8-5-9-17)11-18-15(19)14-10-12-6-3-4-7-13(12)20-14/h10H,3-9,11H2,1-2H3,(H,18,19). The van der Waals surface area contributed by atoms with Crippen molar-refractivity contribution in [3.63, 3.8) is 0 Å². The van der Waals surface area contributed by atoms with Crippen LogP contribution in [0.1, 0.15) is 59.6 Å². The number of fused-ring (bicyclic) bond motifs is 1. The first-order valence-electron chi connectivity index (χ1n) is 7.47. The van der Waals surface area contributed by atoms with E-state index in [-0.39, 0.29) is 11.3 Å². The van der Waals surface area contributed by atoms with Gasteiger partial charge in [-0.05, 0) is 55.6 Å². The second-order valence-electron chi connectivity index (χ2n) is 6.41. The maximum atomic E-state index is 12.3. The predicted octanol–water partition coefficient (Wildman–Crippen LogP) is 4.40. The van der Waals surface area contributed by atoms with Gasteiger partial charge in [-0.25, -0.2) is 0 Å². The summed E-state index contributed by atoms with van der Waals surface area (Å²) in [5.74, 6) is 0.776. The van der Waals surface area contributed by atoms with Gasteiger partial charge >= 0.3 is 0 Å². The molecule has 20 heavy (non-hydrogen) atoms. The van der Waals surface area contributed by atoms with Crippen LogP contribution in [0.3, 0.4) is 0 Å². The molecule has 1 aromatic rings. The smallest absolute Gasteiger partial charge is 0.261 e. The maximum Gasteiger partial charge on any atom is 0.261 e. The molecule has 0 spiro atoms. The van der Waals surface area contributed by atoms with Crippen molar-refractivity contribution in [2.75, 3.05) is 12.4 Å². The average Bonchev–Trinajstić information content (AvgIpc) is 2.86. The first-order valence-corrected chi connectivity index (χ1v) is 8.83. The van der Waals surface area contributed by atoms with Crippen molar-refractivity contribution >= 4 is 28.8 Å². The van der Waals surface area contributed by atoms with Crippen molar-refractivity contribution in [1.82, 2.24) is 5.32 Å². The number of carbonyl (C=O) groups excluding carboxylic acids is 1. The van der Waals surface area contributed by atoms with E-state index in [1.807, 2.05) is 0 Å². The van der Waals surface area contributed by atoms with Gasteiger partial charge in [0, 0.05) is 17.3 Å². The third-order valence-electron chi connectivity index (χ3n) is 3.94. The molecular weight excluding hydrogens is 290 g/mol. The molecule has 0 unspecified atom stereocenters. The molecule has 0 aromatic carbocycles. The summed E-state index contributed by atoms with van der Waals surface area (Å²) in [7, 11) is 0. The highest BCUT2D eigenvalue weighted by Gasteiger charge is 2.21. The number of carbonyl (C=O) groups is 1. The van der Waals surface area contributed by atoms with Gasteiger partial charge in [0.05, 0.1) is 4.88 Å². The van der Waals surface area contributed by atoms with Crippen LogP contribution in [0.25, 0.3) is 0 Å². The van der Waals surface area contributed by atoms with E-state index in [4.69, 9.17) is 11.6 Å². The zero-order valence-corrected chi connectivity index (χ0v) is 14.0. The molecule has 112 valence electrons. The molecule has 0 fully saturated rings. The van der Waals surface area contributed by atoms with E-state index in [0.717, 1.165) is 30.6 Å². The molecule has 0 saturated carbocycles.